The Balaban J connectivity index is -0.00000000533. The Morgan fingerprint density at radius 3 is 0.909 bits per heavy atom. The summed E-state index contributed by atoms with van der Waals surface area (Å²) in [5.74, 6) is 0. The minimum atomic E-state index is -5.17. The third kappa shape index (κ3) is 13100. The summed E-state index contributed by atoms with van der Waals surface area (Å²) in [5.41, 5.74) is 0. The van der Waals surface area contributed by atoms with Gasteiger partial charge in [-0.1, -0.05) is 3.89 Å². The van der Waals surface area contributed by atoms with Crippen LogP contribution >= 0.6 is 0 Å². The van der Waals surface area contributed by atoms with E-state index in [1.807, 2.05) is 0 Å². The van der Waals surface area contributed by atoms with Gasteiger partial charge in [-0.15, -0.1) is 0 Å². The summed E-state index contributed by atoms with van der Waals surface area (Å²) < 4.78 is 34.1. The molecule has 0 spiro atoms. The Morgan fingerprint density at radius 2 is 0.909 bits per heavy atom. The molecule has 0 saturated heterocycles. The minimum Gasteiger partial charge on any atom is -1.00 e. The molecule has 11 heteroatoms. The van der Waals surface area contributed by atoms with Crippen LogP contribution in [0.3, 0.4) is 0 Å². The smallest absolute Gasteiger partial charge is 1.00 e. The van der Waals surface area contributed by atoms with E-state index in [9.17, 15) is 3.89 Å². The molecule has 0 aliphatic rings. The van der Waals surface area contributed by atoms with Crippen LogP contribution in [-0.2, 0) is 32.9 Å². The van der Waals surface area contributed by atoms with Gasteiger partial charge in [0.2, 0.25) is 0 Å². The van der Waals surface area contributed by atoms with Gasteiger partial charge in [-0.25, -0.2) is 0 Å². The Bertz CT molecular complexity index is 101. The molecule has 0 aliphatic heterocycles. The van der Waals surface area contributed by atoms with E-state index in [1.165, 1.54) is 0 Å². The van der Waals surface area contributed by atoms with Crippen molar-refractivity contribution in [1.29, 1.82) is 0 Å². The second kappa shape index (κ2) is 22.5. The van der Waals surface area contributed by atoms with Gasteiger partial charge < -0.3 is 23.5 Å². The first kappa shape index (κ1) is 65.7. The molecule has 3 nitrogen and oxygen atoms in total. The quantitative estimate of drug-likeness (QED) is 0.260. The van der Waals surface area contributed by atoms with Gasteiger partial charge in [-0.3, -0.25) is 4.55 Å². The summed E-state index contributed by atoms with van der Waals surface area (Å²) in [6.07, 6.45) is 0. The summed E-state index contributed by atoms with van der Waals surface area (Å²) >= 11 is 0. The molecule has 0 amide bonds. The third-order valence-corrected chi connectivity index (χ3v) is 0. The number of halogens is 6. The van der Waals surface area contributed by atoms with Crippen molar-refractivity contribution in [2.24, 2.45) is 0 Å². The predicted molar refractivity (Wildman–Crippen MR) is 12.7 cm³/mol. The minimum absolute atomic E-state index is 0. The van der Waals surface area contributed by atoms with Crippen molar-refractivity contribution >= 4 is 10.5 Å². The fourth-order valence-corrected chi connectivity index (χ4v) is 0. The van der Waals surface area contributed by atoms with Gasteiger partial charge in [0.05, 0.1) is 0 Å². The van der Waals surface area contributed by atoms with Crippen molar-refractivity contribution < 1.29 is 62.8 Å². The number of hydrogen-bond donors (Lipinski definition) is 1. The molecule has 0 heterocycles. The second-order valence-corrected chi connectivity index (χ2v) is 1.24. The molecule has 0 aromatic heterocycles. The van der Waals surface area contributed by atoms with Crippen molar-refractivity contribution in [3.63, 3.8) is 0 Å². The monoisotopic (exact) mass is 376 g/mol. The molecular weight excluding hydrogens is 375 g/mol. The van der Waals surface area contributed by atoms with Gasteiger partial charge in [0.25, 0.3) is 0 Å². The van der Waals surface area contributed by atoms with Crippen molar-refractivity contribution in [3.8, 4) is 0 Å². The predicted octanol–water partition coefficient (Wildman–Crippen LogP) is -15.2. The first-order valence-corrected chi connectivity index (χ1v) is 2.01. The van der Waals surface area contributed by atoms with Crippen LogP contribution < -0.4 is 23.5 Å². The molecule has 0 fully saturated rings. The molecule has 0 saturated carbocycles. The van der Waals surface area contributed by atoms with E-state index in [1.54, 1.807) is 0 Å². The maximum absolute atomic E-state index is 10.2. The molecule has 0 radical (unpaired) electrons. The largest absolute Gasteiger partial charge is 5.00 e. The standard InChI is InChI=1S/FHO3S.5FH.Ta/c1-5(2,3)4;;;;;;/h(H,2,3,4);5*1H;/q;;;;;;+5/p-5. The zero-order valence-electron chi connectivity index (χ0n) is 4.39. The fourth-order valence-electron chi connectivity index (χ4n) is 0. The Labute approximate surface area is 73.7 Å². The molecular formula is HF6O3STa. The maximum atomic E-state index is 10.2. The molecule has 11 heavy (non-hydrogen) atoms. The molecule has 0 aromatic carbocycles. The SMILES string of the molecule is O=S(=O)(O)F.[F-].[F-].[F-].[F-].[F-].[Ta+5]. The summed E-state index contributed by atoms with van der Waals surface area (Å²) in [6.45, 7) is 0. The van der Waals surface area contributed by atoms with Crippen LogP contribution in [-0.4, -0.2) is 13.0 Å². The molecule has 0 unspecified atom stereocenters. The van der Waals surface area contributed by atoms with Gasteiger partial charge in [0.15, 0.2) is 0 Å². The van der Waals surface area contributed by atoms with E-state index >= 15 is 0 Å². The van der Waals surface area contributed by atoms with Gasteiger partial charge in [-0.2, -0.15) is 8.42 Å². The van der Waals surface area contributed by atoms with Gasteiger partial charge in [-0.05, 0) is 0 Å². The van der Waals surface area contributed by atoms with Crippen LogP contribution in [0.15, 0.2) is 0 Å². The topological polar surface area (TPSA) is 54.4 Å². The Hall–Kier alpha value is 0.230. The first-order chi connectivity index (χ1) is 2.00. The second-order valence-electron chi connectivity index (χ2n) is 0.412. The molecule has 0 bridgehead atoms. The first-order valence-electron chi connectivity index (χ1n) is 0.670. The van der Waals surface area contributed by atoms with E-state index in [2.05, 4.69) is 0 Å². The average molecular weight is 376 g/mol. The average Bonchev–Trinajstić information content (AvgIpc) is 0.722. The summed E-state index contributed by atoms with van der Waals surface area (Å²) in [7, 11) is -5.17. The van der Waals surface area contributed by atoms with Crippen molar-refractivity contribution in [2.75, 3.05) is 0 Å². The van der Waals surface area contributed by atoms with E-state index in [-0.39, 0.29) is 45.9 Å². The molecule has 0 atom stereocenters. The molecule has 1 N–H and O–H groups in total. The fraction of sp³-hybridized carbons (Fsp3) is 0. The molecule has 0 aromatic rings. The van der Waals surface area contributed by atoms with E-state index in [4.69, 9.17) is 13.0 Å². The van der Waals surface area contributed by atoms with Crippen LogP contribution in [0, 0.1) is 0 Å². The normalized spacial score (nSPS) is 5.27. The molecule has 72 valence electrons. The van der Waals surface area contributed by atoms with Crippen LogP contribution in [0.4, 0.5) is 3.89 Å². The van der Waals surface area contributed by atoms with Crippen LogP contribution in [0.5, 0.6) is 0 Å². The van der Waals surface area contributed by atoms with Gasteiger partial charge in [0.1, 0.15) is 0 Å². The summed E-state index contributed by atoms with van der Waals surface area (Å²) in [4.78, 5) is 0. The number of hydrogen-bond acceptors (Lipinski definition) is 2. The number of rotatable bonds is 0. The van der Waals surface area contributed by atoms with Crippen molar-refractivity contribution in [2.45, 2.75) is 0 Å². The van der Waals surface area contributed by atoms with Crippen LogP contribution in [0.1, 0.15) is 0 Å². The van der Waals surface area contributed by atoms with E-state index < -0.39 is 10.5 Å². The van der Waals surface area contributed by atoms with Crippen LogP contribution in [0.25, 0.3) is 0 Å². The Kier molecular flexibility index (Phi) is 134. The van der Waals surface area contributed by atoms with E-state index in [0.29, 0.717) is 0 Å². The summed E-state index contributed by atoms with van der Waals surface area (Å²) in [5, 5.41) is 0. The third-order valence-electron chi connectivity index (χ3n) is 0. The van der Waals surface area contributed by atoms with Crippen molar-refractivity contribution in [3.05, 3.63) is 0 Å². The van der Waals surface area contributed by atoms with Gasteiger partial charge in [0, 0.05) is 0 Å². The molecule has 0 rings (SSSR count). The Morgan fingerprint density at radius 1 is 0.909 bits per heavy atom. The van der Waals surface area contributed by atoms with E-state index in [0.717, 1.165) is 0 Å². The van der Waals surface area contributed by atoms with Crippen LogP contribution in [0.2, 0.25) is 0 Å². The summed E-state index contributed by atoms with van der Waals surface area (Å²) in [6, 6.07) is 0. The molecule has 0 aliphatic carbocycles. The zero-order valence-corrected chi connectivity index (χ0v) is 8.42. The zero-order chi connectivity index (χ0) is 4.50. The van der Waals surface area contributed by atoms with Gasteiger partial charge >= 0.3 is 32.9 Å². The maximum Gasteiger partial charge on any atom is 5.00 e. The van der Waals surface area contributed by atoms with Crippen molar-refractivity contribution in [1.82, 2.24) is 0 Å².